The van der Waals surface area contributed by atoms with E-state index in [1.165, 1.54) is 5.56 Å². The first kappa shape index (κ1) is 13.9. The van der Waals surface area contributed by atoms with Gasteiger partial charge in [-0.05, 0) is 30.7 Å². The second-order valence-corrected chi connectivity index (χ2v) is 5.75. The lowest BCUT2D eigenvalue weighted by Crippen LogP contribution is -2.32. The summed E-state index contributed by atoms with van der Waals surface area (Å²) >= 11 is 7.81. The summed E-state index contributed by atoms with van der Waals surface area (Å²) < 4.78 is 0. The third kappa shape index (κ3) is 4.77. The van der Waals surface area contributed by atoms with E-state index in [1.54, 1.807) is 0 Å². The third-order valence-corrected chi connectivity index (χ3v) is 4.04. The summed E-state index contributed by atoms with van der Waals surface area (Å²) in [5.41, 5.74) is 1.34. The molecular formula is C13H20ClNS. The molecule has 1 atom stereocenters. The van der Waals surface area contributed by atoms with Crippen LogP contribution in [0.3, 0.4) is 0 Å². The summed E-state index contributed by atoms with van der Waals surface area (Å²) in [5, 5.41) is 4.16. The van der Waals surface area contributed by atoms with Crippen molar-refractivity contribution in [1.29, 1.82) is 0 Å². The lowest BCUT2D eigenvalue weighted by Gasteiger charge is -2.19. The second kappa shape index (κ2) is 7.21. The molecule has 0 heterocycles. The van der Waals surface area contributed by atoms with Crippen molar-refractivity contribution in [3.8, 4) is 0 Å². The van der Waals surface area contributed by atoms with Crippen LogP contribution in [-0.4, -0.2) is 18.8 Å². The van der Waals surface area contributed by atoms with E-state index < -0.39 is 0 Å². The first-order chi connectivity index (χ1) is 7.63. The number of benzene rings is 1. The van der Waals surface area contributed by atoms with Crippen LogP contribution in [0.25, 0.3) is 0 Å². The van der Waals surface area contributed by atoms with Crippen LogP contribution >= 0.6 is 23.4 Å². The predicted octanol–water partition coefficient (Wildman–Crippen LogP) is 3.82. The molecule has 1 N–H and O–H groups in total. The van der Waals surface area contributed by atoms with Crippen molar-refractivity contribution in [3.63, 3.8) is 0 Å². The summed E-state index contributed by atoms with van der Waals surface area (Å²) in [5.74, 6) is 2.89. The van der Waals surface area contributed by atoms with Crippen LogP contribution in [0, 0.1) is 5.92 Å². The lowest BCUT2D eigenvalue weighted by atomic mass is 10.1. The van der Waals surface area contributed by atoms with Gasteiger partial charge in [-0.25, -0.2) is 0 Å². The molecule has 0 spiro atoms. The molecule has 0 aliphatic carbocycles. The zero-order chi connectivity index (χ0) is 12.0. The largest absolute Gasteiger partial charge is 0.316 e. The molecule has 0 bridgehead atoms. The van der Waals surface area contributed by atoms with E-state index in [2.05, 4.69) is 31.3 Å². The van der Waals surface area contributed by atoms with Gasteiger partial charge in [0.2, 0.25) is 0 Å². The molecule has 0 aliphatic rings. The molecule has 1 aromatic rings. The van der Waals surface area contributed by atoms with E-state index in [9.17, 15) is 0 Å². The van der Waals surface area contributed by atoms with Gasteiger partial charge in [-0.1, -0.05) is 37.6 Å². The zero-order valence-corrected chi connectivity index (χ0v) is 11.7. The van der Waals surface area contributed by atoms with Gasteiger partial charge in [0, 0.05) is 22.6 Å². The predicted molar refractivity (Wildman–Crippen MR) is 75.3 cm³/mol. The zero-order valence-electron chi connectivity index (χ0n) is 10.2. The van der Waals surface area contributed by atoms with Gasteiger partial charge in [-0.2, -0.15) is 11.8 Å². The van der Waals surface area contributed by atoms with Gasteiger partial charge in [0.25, 0.3) is 0 Å². The van der Waals surface area contributed by atoms with Crippen LogP contribution < -0.4 is 5.32 Å². The molecule has 0 saturated carbocycles. The van der Waals surface area contributed by atoms with Crippen LogP contribution in [0.15, 0.2) is 24.3 Å². The van der Waals surface area contributed by atoms with E-state index in [1.807, 2.05) is 30.9 Å². The average molecular weight is 258 g/mol. The van der Waals surface area contributed by atoms with E-state index >= 15 is 0 Å². The van der Waals surface area contributed by atoms with Crippen LogP contribution in [0.1, 0.15) is 19.4 Å². The molecule has 0 aliphatic heterocycles. The number of hydrogen-bond acceptors (Lipinski definition) is 2. The fourth-order valence-corrected chi connectivity index (χ4v) is 2.97. The van der Waals surface area contributed by atoms with Gasteiger partial charge in [0.05, 0.1) is 0 Å². The smallest absolute Gasteiger partial charge is 0.0406 e. The summed E-state index contributed by atoms with van der Waals surface area (Å²) in [6.07, 6.45) is 0. The van der Waals surface area contributed by atoms with Crippen LogP contribution in [0.2, 0.25) is 5.02 Å². The summed E-state index contributed by atoms with van der Waals surface area (Å²) in [4.78, 5) is 0. The molecule has 0 radical (unpaired) electrons. The number of rotatable bonds is 6. The highest BCUT2D eigenvalue weighted by atomic mass is 35.5. The molecule has 0 aromatic heterocycles. The molecule has 1 nitrogen and oxygen atoms in total. The minimum atomic E-state index is 0.595. The Hall–Kier alpha value is -0.180. The molecular weight excluding hydrogens is 238 g/mol. The van der Waals surface area contributed by atoms with Gasteiger partial charge >= 0.3 is 0 Å². The standard InChI is InChI=1S/C13H20ClNS/c1-10(2)13(15-3)9-16-8-11-4-6-12(14)7-5-11/h4-7,10,13,15H,8-9H2,1-3H3. The minimum absolute atomic E-state index is 0.595. The maximum absolute atomic E-state index is 5.84. The molecule has 90 valence electrons. The fourth-order valence-electron chi connectivity index (χ4n) is 1.49. The van der Waals surface area contributed by atoms with Crippen molar-refractivity contribution in [2.75, 3.05) is 12.8 Å². The highest BCUT2D eigenvalue weighted by Gasteiger charge is 2.10. The molecule has 0 amide bonds. The Morgan fingerprint density at radius 3 is 2.38 bits per heavy atom. The van der Waals surface area contributed by atoms with Gasteiger partial charge in [0.1, 0.15) is 0 Å². The molecule has 3 heteroatoms. The first-order valence-electron chi connectivity index (χ1n) is 5.63. The van der Waals surface area contributed by atoms with Gasteiger partial charge < -0.3 is 5.32 Å². The number of thioether (sulfide) groups is 1. The molecule has 1 rings (SSSR count). The van der Waals surface area contributed by atoms with E-state index in [0.29, 0.717) is 12.0 Å². The van der Waals surface area contributed by atoms with Gasteiger partial charge in [0.15, 0.2) is 0 Å². The van der Waals surface area contributed by atoms with E-state index in [-0.39, 0.29) is 0 Å². The maximum Gasteiger partial charge on any atom is 0.0406 e. The Balaban J connectivity index is 2.32. The van der Waals surface area contributed by atoms with E-state index in [4.69, 9.17) is 11.6 Å². The summed E-state index contributed by atoms with van der Waals surface area (Å²) in [6, 6.07) is 8.69. The van der Waals surface area contributed by atoms with Crippen LogP contribution in [-0.2, 0) is 5.75 Å². The Kier molecular flexibility index (Phi) is 6.25. The molecule has 0 fully saturated rings. The topological polar surface area (TPSA) is 12.0 Å². The maximum atomic E-state index is 5.84. The number of nitrogens with one attached hydrogen (secondary N) is 1. The fraction of sp³-hybridized carbons (Fsp3) is 0.538. The summed E-state index contributed by atoms with van der Waals surface area (Å²) in [6.45, 7) is 4.51. The van der Waals surface area contributed by atoms with Crippen molar-refractivity contribution in [2.45, 2.75) is 25.6 Å². The first-order valence-corrected chi connectivity index (χ1v) is 7.16. The van der Waals surface area contributed by atoms with Gasteiger partial charge in [-0.3, -0.25) is 0 Å². The average Bonchev–Trinajstić information content (AvgIpc) is 2.26. The molecule has 1 unspecified atom stereocenters. The number of hydrogen-bond donors (Lipinski definition) is 1. The van der Waals surface area contributed by atoms with Crippen molar-refractivity contribution < 1.29 is 0 Å². The SMILES string of the molecule is CNC(CSCc1ccc(Cl)cc1)C(C)C. The lowest BCUT2D eigenvalue weighted by molar-refractivity contribution is 0.465. The highest BCUT2D eigenvalue weighted by Crippen LogP contribution is 2.17. The van der Waals surface area contributed by atoms with Crippen LogP contribution in [0.5, 0.6) is 0 Å². The molecule has 1 aromatic carbocycles. The molecule has 16 heavy (non-hydrogen) atoms. The van der Waals surface area contributed by atoms with Crippen molar-refractivity contribution >= 4 is 23.4 Å². The van der Waals surface area contributed by atoms with Gasteiger partial charge in [-0.15, -0.1) is 0 Å². The Bertz CT molecular complexity index is 297. The Labute approximate surface area is 108 Å². The van der Waals surface area contributed by atoms with Crippen molar-refractivity contribution in [1.82, 2.24) is 5.32 Å². The minimum Gasteiger partial charge on any atom is -0.316 e. The number of halogens is 1. The van der Waals surface area contributed by atoms with Crippen molar-refractivity contribution in [2.24, 2.45) is 5.92 Å². The van der Waals surface area contributed by atoms with Crippen molar-refractivity contribution in [3.05, 3.63) is 34.9 Å². The Morgan fingerprint density at radius 1 is 1.25 bits per heavy atom. The monoisotopic (exact) mass is 257 g/mol. The normalized spacial score (nSPS) is 13.1. The van der Waals surface area contributed by atoms with Crippen LogP contribution in [0.4, 0.5) is 0 Å². The third-order valence-electron chi connectivity index (χ3n) is 2.65. The molecule has 0 saturated heterocycles. The Morgan fingerprint density at radius 2 is 1.88 bits per heavy atom. The van der Waals surface area contributed by atoms with E-state index in [0.717, 1.165) is 16.5 Å². The second-order valence-electron chi connectivity index (χ2n) is 4.28. The highest BCUT2D eigenvalue weighted by molar-refractivity contribution is 7.98. The summed E-state index contributed by atoms with van der Waals surface area (Å²) in [7, 11) is 2.04. The quantitative estimate of drug-likeness (QED) is 0.832.